The van der Waals surface area contributed by atoms with Crippen LogP contribution in [0.25, 0.3) is 0 Å². The minimum Gasteiger partial charge on any atom is -0.505 e. The predicted molar refractivity (Wildman–Crippen MR) is 71.0 cm³/mol. The van der Waals surface area contributed by atoms with Gasteiger partial charge in [0.1, 0.15) is 11.8 Å². The summed E-state index contributed by atoms with van der Waals surface area (Å²) in [4.78, 5) is 23.0. The van der Waals surface area contributed by atoms with E-state index in [9.17, 15) is 14.7 Å². The Bertz CT molecular complexity index is 518. The Kier molecular flexibility index (Phi) is 3.71. The molecule has 102 valence electrons. The van der Waals surface area contributed by atoms with Gasteiger partial charge < -0.3 is 15.7 Å². The minimum absolute atomic E-state index is 0.0683. The van der Waals surface area contributed by atoms with Crippen LogP contribution < -0.4 is 16.0 Å². The first-order chi connectivity index (χ1) is 8.97. The Morgan fingerprint density at radius 1 is 1.42 bits per heavy atom. The molecule has 0 aliphatic carbocycles. The van der Waals surface area contributed by atoms with Crippen molar-refractivity contribution in [2.24, 2.45) is 0 Å². The second-order valence-corrected chi connectivity index (χ2v) is 4.70. The highest BCUT2D eigenvalue weighted by Gasteiger charge is 2.24. The van der Waals surface area contributed by atoms with Gasteiger partial charge in [-0.1, -0.05) is 6.07 Å². The summed E-state index contributed by atoms with van der Waals surface area (Å²) in [6, 6.07) is 3.06. The van der Waals surface area contributed by atoms with E-state index in [-0.39, 0.29) is 30.7 Å². The molecule has 1 aliphatic heterocycles. The molecule has 1 atom stereocenters. The highest BCUT2D eigenvalue weighted by atomic mass is 16.3. The molecule has 1 aromatic rings. The topological polar surface area (TPSA) is 90.5 Å². The zero-order valence-corrected chi connectivity index (χ0v) is 10.9. The van der Waals surface area contributed by atoms with Crippen molar-refractivity contribution in [1.82, 2.24) is 10.6 Å². The summed E-state index contributed by atoms with van der Waals surface area (Å²) in [5.74, 6) is -0.336. The summed E-state index contributed by atoms with van der Waals surface area (Å²) in [6.07, 6.45) is 0. The van der Waals surface area contributed by atoms with Crippen LogP contribution in [0.1, 0.15) is 11.1 Å². The largest absolute Gasteiger partial charge is 0.505 e. The summed E-state index contributed by atoms with van der Waals surface area (Å²) in [5.41, 5.74) is 2.05. The third-order valence-electron chi connectivity index (χ3n) is 3.03. The average molecular weight is 263 g/mol. The fraction of sp³-hybridized carbons (Fsp3) is 0.385. The number of phenolic OH excluding ortho intramolecular Hbond substituents is 1. The number of amides is 2. The first-order valence-corrected chi connectivity index (χ1v) is 6.08. The molecule has 6 heteroatoms. The number of anilines is 1. The fourth-order valence-corrected chi connectivity index (χ4v) is 2.03. The van der Waals surface area contributed by atoms with Gasteiger partial charge in [-0.2, -0.15) is 0 Å². The molecule has 6 nitrogen and oxygen atoms in total. The van der Waals surface area contributed by atoms with Gasteiger partial charge in [0.15, 0.2) is 0 Å². The molecule has 1 saturated heterocycles. The summed E-state index contributed by atoms with van der Waals surface area (Å²) in [6.45, 7) is 4.03. The molecule has 1 unspecified atom stereocenters. The fourth-order valence-electron chi connectivity index (χ4n) is 2.03. The Balaban J connectivity index is 2.09. The first kappa shape index (κ1) is 13.4. The molecule has 1 aromatic carbocycles. The highest BCUT2D eigenvalue weighted by molar-refractivity contribution is 5.97. The number of nitrogens with one attached hydrogen (secondary N) is 3. The number of rotatable bonds is 2. The number of phenols is 1. The highest BCUT2D eigenvalue weighted by Crippen LogP contribution is 2.28. The predicted octanol–water partition coefficient (Wildman–Crippen LogP) is 0.0355. The SMILES string of the molecule is Cc1cc(C)c(O)c(NC(=O)C2CNC(=O)CN2)c1. The molecule has 0 aromatic heterocycles. The van der Waals surface area contributed by atoms with Crippen LogP contribution >= 0.6 is 0 Å². The number of piperazine rings is 1. The number of hydrogen-bond donors (Lipinski definition) is 4. The molecule has 2 rings (SSSR count). The summed E-state index contributed by atoms with van der Waals surface area (Å²) < 4.78 is 0. The lowest BCUT2D eigenvalue weighted by Gasteiger charge is -2.23. The Labute approximate surface area is 111 Å². The zero-order valence-electron chi connectivity index (χ0n) is 10.9. The van der Waals surface area contributed by atoms with Crippen LogP contribution in [-0.2, 0) is 9.59 Å². The van der Waals surface area contributed by atoms with Gasteiger partial charge in [0.25, 0.3) is 0 Å². The van der Waals surface area contributed by atoms with E-state index in [0.717, 1.165) is 5.56 Å². The average Bonchev–Trinajstić information content (AvgIpc) is 2.36. The van der Waals surface area contributed by atoms with E-state index in [1.165, 1.54) is 0 Å². The van der Waals surface area contributed by atoms with Crippen LogP contribution in [0.15, 0.2) is 12.1 Å². The molecular formula is C13H17N3O3. The second kappa shape index (κ2) is 5.27. The zero-order chi connectivity index (χ0) is 14.0. The van der Waals surface area contributed by atoms with Gasteiger partial charge in [0.05, 0.1) is 12.2 Å². The van der Waals surface area contributed by atoms with Gasteiger partial charge in [0.2, 0.25) is 11.8 Å². The lowest BCUT2D eigenvalue weighted by atomic mass is 10.1. The molecule has 1 aliphatic rings. The molecule has 0 saturated carbocycles. The minimum atomic E-state index is -0.488. The van der Waals surface area contributed by atoms with E-state index in [1.807, 2.05) is 13.0 Å². The molecule has 0 spiro atoms. The maximum atomic E-state index is 12.0. The maximum absolute atomic E-state index is 12.0. The van der Waals surface area contributed by atoms with E-state index < -0.39 is 6.04 Å². The van der Waals surface area contributed by atoms with Crippen molar-refractivity contribution in [1.29, 1.82) is 0 Å². The molecule has 1 fully saturated rings. The lowest BCUT2D eigenvalue weighted by Crippen LogP contribution is -2.56. The number of benzene rings is 1. The van der Waals surface area contributed by atoms with Crippen LogP contribution in [0.3, 0.4) is 0 Å². The van der Waals surface area contributed by atoms with Crippen LogP contribution in [0.4, 0.5) is 5.69 Å². The van der Waals surface area contributed by atoms with Crippen molar-refractivity contribution in [3.63, 3.8) is 0 Å². The van der Waals surface area contributed by atoms with Crippen LogP contribution in [0.5, 0.6) is 5.75 Å². The third kappa shape index (κ3) is 3.03. The smallest absolute Gasteiger partial charge is 0.243 e. The molecular weight excluding hydrogens is 246 g/mol. The molecule has 4 N–H and O–H groups in total. The van der Waals surface area contributed by atoms with Gasteiger partial charge in [0, 0.05) is 6.54 Å². The van der Waals surface area contributed by atoms with E-state index >= 15 is 0 Å². The standard InChI is InChI=1S/C13H17N3O3/c1-7-3-8(2)12(18)9(4-7)16-13(19)10-5-15-11(17)6-14-10/h3-4,10,14,18H,5-6H2,1-2H3,(H,15,17)(H,16,19). The Hall–Kier alpha value is -2.08. The van der Waals surface area contributed by atoms with Gasteiger partial charge >= 0.3 is 0 Å². The maximum Gasteiger partial charge on any atom is 0.243 e. The van der Waals surface area contributed by atoms with Crippen LogP contribution in [0.2, 0.25) is 0 Å². The van der Waals surface area contributed by atoms with Crippen molar-refractivity contribution < 1.29 is 14.7 Å². The van der Waals surface area contributed by atoms with Crippen molar-refractivity contribution >= 4 is 17.5 Å². The Morgan fingerprint density at radius 2 is 2.16 bits per heavy atom. The quantitative estimate of drug-likeness (QED) is 0.567. The van der Waals surface area contributed by atoms with E-state index in [4.69, 9.17) is 0 Å². The summed E-state index contributed by atoms with van der Waals surface area (Å²) >= 11 is 0. The second-order valence-electron chi connectivity index (χ2n) is 4.70. The number of hydrogen-bond acceptors (Lipinski definition) is 4. The van der Waals surface area contributed by atoms with Crippen molar-refractivity contribution in [3.05, 3.63) is 23.3 Å². The van der Waals surface area contributed by atoms with Crippen molar-refractivity contribution in [3.8, 4) is 5.75 Å². The monoisotopic (exact) mass is 263 g/mol. The van der Waals surface area contributed by atoms with Gasteiger partial charge in [-0.3, -0.25) is 14.9 Å². The van der Waals surface area contributed by atoms with E-state index in [1.54, 1.807) is 13.0 Å². The number of carbonyl (C=O) groups is 2. The number of aryl methyl sites for hydroxylation is 2. The molecule has 2 amide bonds. The summed E-state index contributed by atoms with van der Waals surface area (Å²) in [7, 11) is 0. The van der Waals surface area contributed by atoms with Gasteiger partial charge in [-0.25, -0.2) is 0 Å². The lowest BCUT2D eigenvalue weighted by molar-refractivity contribution is -0.124. The third-order valence-corrected chi connectivity index (χ3v) is 3.03. The Morgan fingerprint density at radius 3 is 2.79 bits per heavy atom. The van der Waals surface area contributed by atoms with E-state index in [0.29, 0.717) is 11.3 Å². The van der Waals surface area contributed by atoms with Crippen LogP contribution in [-0.4, -0.2) is 36.1 Å². The van der Waals surface area contributed by atoms with Crippen LogP contribution in [0, 0.1) is 13.8 Å². The van der Waals surface area contributed by atoms with E-state index in [2.05, 4.69) is 16.0 Å². The molecule has 19 heavy (non-hydrogen) atoms. The molecule has 0 bridgehead atoms. The molecule has 1 heterocycles. The normalized spacial score (nSPS) is 18.8. The number of aromatic hydroxyl groups is 1. The molecule has 0 radical (unpaired) electrons. The first-order valence-electron chi connectivity index (χ1n) is 6.08. The van der Waals surface area contributed by atoms with Crippen molar-refractivity contribution in [2.45, 2.75) is 19.9 Å². The van der Waals surface area contributed by atoms with Gasteiger partial charge in [-0.15, -0.1) is 0 Å². The van der Waals surface area contributed by atoms with Gasteiger partial charge in [-0.05, 0) is 31.0 Å². The number of carbonyl (C=O) groups excluding carboxylic acids is 2. The van der Waals surface area contributed by atoms with Crippen molar-refractivity contribution in [2.75, 3.05) is 18.4 Å². The summed E-state index contributed by atoms with van der Waals surface area (Å²) in [5, 5.41) is 18.0.